The first-order valence-corrected chi connectivity index (χ1v) is 11.2. The van der Waals surface area contributed by atoms with Gasteiger partial charge < -0.3 is 19.4 Å². The molecule has 2 heterocycles. The minimum absolute atomic E-state index is 0.140. The number of ether oxygens (including phenoxy) is 1. The van der Waals surface area contributed by atoms with Crippen molar-refractivity contribution >= 4 is 23.0 Å². The van der Waals surface area contributed by atoms with Crippen LogP contribution in [0.5, 0.6) is 5.75 Å². The van der Waals surface area contributed by atoms with E-state index in [0.717, 1.165) is 42.8 Å². The third-order valence-corrected chi connectivity index (χ3v) is 7.16. The van der Waals surface area contributed by atoms with Gasteiger partial charge in [0.15, 0.2) is 5.58 Å². The number of piperidine rings is 1. The molecule has 156 valence electrons. The number of amides is 1. The number of nitrogens with one attached hydrogen (secondary N) is 1. The maximum absolute atomic E-state index is 12.8. The maximum Gasteiger partial charge on any atom is 0.298 e. The normalized spacial score (nSPS) is 24.0. The zero-order valence-electron chi connectivity index (χ0n) is 17.3. The van der Waals surface area contributed by atoms with Crippen molar-refractivity contribution in [3.05, 3.63) is 18.2 Å². The molecular weight excluding hydrogens is 366 g/mol. The summed E-state index contributed by atoms with van der Waals surface area (Å²) in [4.78, 5) is 19.6. The molecule has 0 radical (unpaired) electrons. The first kappa shape index (κ1) is 18.8. The van der Waals surface area contributed by atoms with Crippen LogP contribution in [0.15, 0.2) is 22.6 Å². The van der Waals surface area contributed by atoms with Crippen molar-refractivity contribution in [2.75, 3.05) is 25.1 Å². The van der Waals surface area contributed by atoms with Crippen LogP contribution in [0.1, 0.15) is 57.8 Å². The predicted octanol–water partition coefficient (Wildman–Crippen LogP) is 4.28. The molecular formula is C23H31N3O3. The van der Waals surface area contributed by atoms with E-state index in [1.165, 1.54) is 38.5 Å². The van der Waals surface area contributed by atoms with E-state index in [1.54, 1.807) is 7.11 Å². The van der Waals surface area contributed by atoms with Gasteiger partial charge in [-0.15, -0.1) is 0 Å². The van der Waals surface area contributed by atoms with Crippen molar-refractivity contribution in [2.24, 2.45) is 11.8 Å². The number of nitrogens with zero attached hydrogens (tertiary/aromatic N) is 2. The third kappa shape index (κ3) is 3.81. The Morgan fingerprint density at radius 2 is 2.10 bits per heavy atom. The highest BCUT2D eigenvalue weighted by molar-refractivity contribution is 5.78. The molecule has 1 aliphatic heterocycles. The number of rotatable bonds is 6. The predicted molar refractivity (Wildman–Crippen MR) is 112 cm³/mol. The minimum Gasteiger partial charge on any atom is -0.497 e. The third-order valence-electron chi connectivity index (χ3n) is 7.16. The zero-order valence-corrected chi connectivity index (χ0v) is 17.3. The smallest absolute Gasteiger partial charge is 0.298 e. The van der Waals surface area contributed by atoms with Gasteiger partial charge >= 0.3 is 0 Å². The van der Waals surface area contributed by atoms with Gasteiger partial charge in [-0.3, -0.25) is 4.79 Å². The van der Waals surface area contributed by atoms with Gasteiger partial charge in [0.1, 0.15) is 11.3 Å². The van der Waals surface area contributed by atoms with E-state index >= 15 is 0 Å². The van der Waals surface area contributed by atoms with Crippen LogP contribution < -0.4 is 15.0 Å². The molecule has 2 aliphatic carbocycles. The van der Waals surface area contributed by atoms with E-state index in [9.17, 15) is 4.79 Å². The van der Waals surface area contributed by atoms with Crippen LogP contribution in [-0.4, -0.2) is 36.6 Å². The summed E-state index contributed by atoms with van der Waals surface area (Å²) in [6.45, 7) is 1.75. The maximum atomic E-state index is 12.8. The van der Waals surface area contributed by atoms with Gasteiger partial charge in [-0.1, -0.05) is 12.8 Å². The van der Waals surface area contributed by atoms with Crippen LogP contribution in [0, 0.1) is 11.8 Å². The first-order chi connectivity index (χ1) is 14.1. The molecule has 2 saturated carbocycles. The second-order valence-electron chi connectivity index (χ2n) is 9.17. The molecule has 3 fully saturated rings. The number of oxazole rings is 1. The van der Waals surface area contributed by atoms with Crippen LogP contribution in [0.4, 0.5) is 6.01 Å². The molecule has 29 heavy (non-hydrogen) atoms. The number of aromatic nitrogens is 1. The molecule has 6 heteroatoms. The minimum atomic E-state index is 0.140. The summed E-state index contributed by atoms with van der Waals surface area (Å²) in [7, 11) is 1.65. The second kappa shape index (κ2) is 7.54. The summed E-state index contributed by atoms with van der Waals surface area (Å²) < 4.78 is 11.3. The number of benzene rings is 1. The van der Waals surface area contributed by atoms with Gasteiger partial charge in [-0.2, -0.15) is 4.98 Å². The largest absolute Gasteiger partial charge is 0.497 e. The van der Waals surface area contributed by atoms with E-state index < -0.39 is 0 Å². The zero-order chi connectivity index (χ0) is 19.8. The van der Waals surface area contributed by atoms with Gasteiger partial charge in [0.2, 0.25) is 5.91 Å². The number of carbonyl (C=O) groups is 1. The summed E-state index contributed by atoms with van der Waals surface area (Å²) in [6, 6.07) is 6.34. The monoisotopic (exact) mass is 397 g/mol. The number of hydrogen-bond acceptors (Lipinski definition) is 5. The van der Waals surface area contributed by atoms with Gasteiger partial charge in [-0.25, -0.2) is 0 Å². The lowest BCUT2D eigenvalue weighted by atomic mass is 9.92. The molecule has 0 spiro atoms. The van der Waals surface area contributed by atoms with Crippen molar-refractivity contribution in [3.8, 4) is 5.75 Å². The Morgan fingerprint density at radius 1 is 1.28 bits per heavy atom. The Bertz CT molecular complexity index is 883. The van der Waals surface area contributed by atoms with Crippen LogP contribution in [-0.2, 0) is 4.79 Å². The van der Waals surface area contributed by atoms with Crippen LogP contribution in [0.25, 0.3) is 11.1 Å². The molecule has 1 unspecified atom stereocenters. The van der Waals surface area contributed by atoms with Gasteiger partial charge in [0.05, 0.1) is 7.11 Å². The SMILES string of the molecule is COc1ccc2oc(N3CCCC(CC(=O)NC4(C5CCCC5)CC4)C3)nc2c1. The average Bonchev–Trinajstić information content (AvgIpc) is 3.15. The molecule has 1 aromatic heterocycles. The summed E-state index contributed by atoms with van der Waals surface area (Å²) in [6.07, 6.45) is 10.4. The number of methoxy groups -OCH3 is 1. The Morgan fingerprint density at radius 3 is 2.86 bits per heavy atom. The van der Waals surface area contributed by atoms with Crippen LogP contribution in [0.2, 0.25) is 0 Å². The number of carbonyl (C=O) groups excluding carboxylic acids is 1. The van der Waals surface area contributed by atoms with E-state index in [4.69, 9.17) is 9.15 Å². The highest BCUT2D eigenvalue weighted by Crippen LogP contribution is 2.49. The first-order valence-electron chi connectivity index (χ1n) is 11.2. The fraction of sp³-hybridized carbons (Fsp3) is 0.652. The van der Waals surface area contributed by atoms with Crippen molar-refractivity contribution in [3.63, 3.8) is 0 Å². The number of fused-ring (bicyclic) bond motifs is 1. The van der Waals surface area contributed by atoms with Crippen molar-refractivity contribution in [1.82, 2.24) is 10.3 Å². The Balaban J connectivity index is 1.21. The van der Waals surface area contributed by atoms with Gasteiger partial charge in [0.25, 0.3) is 6.01 Å². The van der Waals surface area contributed by atoms with Gasteiger partial charge in [0, 0.05) is 31.1 Å². The molecule has 1 saturated heterocycles. The lowest BCUT2D eigenvalue weighted by Gasteiger charge is -2.32. The highest BCUT2D eigenvalue weighted by Gasteiger charge is 2.50. The van der Waals surface area contributed by atoms with Gasteiger partial charge in [-0.05, 0) is 62.5 Å². The van der Waals surface area contributed by atoms with Crippen molar-refractivity contribution < 1.29 is 13.9 Å². The number of anilines is 1. The molecule has 0 bridgehead atoms. The fourth-order valence-electron chi connectivity index (χ4n) is 5.40. The molecule has 5 rings (SSSR count). The molecule has 6 nitrogen and oxygen atoms in total. The molecule has 1 amide bonds. The Kier molecular flexibility index (Phi) is 4.88. The van der Waals surface area contributed by atoms with E-state index in [-0.39, 0.29) is 11.4 Å². The standard InChI is InChI=1S/C23H31N3O3/c1-28-18-8-9-20-19(14-18)24-22(29-20)26-12-4-5-16(15-26)13-21(27)25-23(10-11-23)17-6-2-3-7-17/h8-9,14,16-17H,2-7,10-13,15H2,1H3,(H,25,27). The Hall–Kier alpha value is -2.24. The lowest BCUT2D eigenvalue weighted by Crippen LogP contribution is -2.44. The van der Waals surface area contributed by atoms with Crippen LogP contribution in [0.3, 0.4) is 0 Å². The van der Waals surface area contributed by atoms with Crippen molar-refractivity contribution in [1.29, 1.82) is 0 Å². The topological polar surface area (TPSA) is 67.6 Å². The molecule has 1 atom stereocenters. The van der Waals surface area contributed by atoms with E-state index in [0.29, 0.717) is 24.3 Å². The average molecular weight is 398 g/mol. The van der Waals surface area contributed by atoms with Crippen LogP contribution >= 0.6 is 0 Å². The fourth-order valence-corrected chi connectivity index (χ4v) is 5.40. The second-order valence-corrected chi connectivity index (χ2v) is 9.17. The van der Waals surface area contributed by atoms with E-state index in [2.05, 4.69) is 15.2 Å². The lowest BCUT2D eigenvalue weighted by molar-refractivity contribution is -0.123. The Labute approximate surface area is 172 Å². The van der Waals surface area contributed by atoms with Crippen molar-refractivity contribution in [2.45, 2.75) is 63.3 Å². The molecule has 3 aliphatic rings. The molecule has 2 aromatic rings. The summed E-state index contributed by atoms with van der Waals surface area (Å²) in [5.74, 6) is 2.09. The molecule has 1 N–H and O–H groups in total. The molecule has 1 aromatic carbocycles. The highest BCUT2D eigenvalue weighted by atomic mass is 16.5. The number of hydrogen-bond donors (Lipinski definition) is 1. The summed E-state index contributed by atoms with van der Waals surface area (Å²) in [5.41, 5.74) is 1.72. The quantitative estimate of drug-likeness (QED) is 0.788. The van der Waals surface area contributed by atoms with E-state index in [1.807, 2.05) is 18.2 Å². The summed E-state index contributed by atoms with van der Waals surface area (Å²) in [5, 5.41) is 3.43. The summed E-state index contributed by atoms with van der Waals surface area (Å²) >= 11 is 0.